The first kappa shape index (κ1) is 17.3. The number of aromatic amines is 1. The first-order valence-corrected chi connectivity index (χ1v) is 8.69. The molecule has 0 saturated carbocycles. The third kappa shape index (κ3) is 4.99. The van der Waals surface area contributed by atoms with Gasteiger partial charge in [0.2, 0.25) is 5.91 Å². The summed E-state index contributed by atoms with van der Waals surface area (Å²) in [4.78, 5) is 23.6. The van der Waals surface area contributed by atoms with Crippen molar-refractivity contribution in [2.24, 2.45) is 0 Å². The summed E-state index contributed by atoms with van der Waals surface area (Å²) < 4.78 is 1.59. The average molecular weight is 334 g/mol. The summed E-state index contributed by atoms with van der Waals surface area (Å²) in [5.41, 5.74) is 2.04. The Morgan fingerprint density at radius 3 is 2.91 bits per heavy atom. The van der Waals surface area contributed by atoms with Crippen molar-refractivity contribution in [3.05, 3.63) is 45.9 Å². The number of nitrogens with zero attached hydrogens (tertiary/aromatic N) is 2. The van der Waals surface area contributed by atoms with Crippen molar-refractivity contribution in [1.82, 2.24) is 20.1 Å². The number of aromatic nitrogens is 3. The predicted octanol–water partition coefficient (Wildman–Crippen LogP) is 2.09. The molecule has 0 bridgehead atoms. The third-order valence-electron chi connectivity index (χ3n) is 3.53. The Morgan fingerprint density at radius 1 is 1.39 bits per heavy atom. The minimum atomic E-state index is -0.221. The van der Waals surface area contributed by atoms with Gasteiger partial charge in [-0.05, 0) is 24.5 Å². The molecule has 0 aliphatic heterocycles. The van der Waals surface area contributed by atoms with Crippen LogP contribution in [0, 0.1) is 6.92 Å². The number of H-pyrrole nitrogens is 1. The molecule has 1 amide bonds. The predicted molar refractivity (Wildman–Crippen MR) is 91.5 cm³/mol. The second-order valence-electron chi connectivity index (χ2n) is 5.31. The molecule has 7 heteroatoms. The molecule has 124 valence electrons. The first-order chi connectivity index (χ1) is 11.1. The maximum atomic E-state index is 12.0. The van der Waals surface area contributed by atoms with Crippen molar-refractivity contribution in [2.75, 3.05) is 5.75 Å². The van der Waals surface area contributed by atoms with Gasteiger partial charge in [0.05, 0.1) is 5.75 Å². The summed E-state index contributed by atoms with van der Waals surface area (Å²) in [6, 6.07) is 7.95. The van der Waals surface area contributed by atoms with Crippen LogP contribution in [0.1, 0.15) is 30.9 Å². The highest BCUT2D eigenvalue weighted by Gasteiger charge is 2.11. The lowest BCUT2D eigenvalue weighted by Gasteiger charge is -2.08. The van der Waals surface area contributed by atoms with Gasteiger partial charge in [-0.1, -0.05) is 49.4 Å². The summed E-state index contributed by atoms with van der Waals surface area (Å²) >= 11 is 1.27. The molecule has 1 aromatic heterocycles. The topological polar surface area (TPSA) is 79.8 Å². The molecule has 6 nitrogen and oxygen atoms in total. The zero-order valence-electron chi connectivity index (χ0n) is 13.5. The molecule has 0 spiro atoms. The lowest BCUT2D eigenvalue weighted by Crippen LogP contribution is -2.25. The van der Waals surface area contributed by atoms with Gasteiger partial charge < -0.3 is 5.32 Å². The Hall–Kier alpha value is -2.02. The third-order valence-corrected chi connectivity index (χ3v) is 4.50. The molecule has 2 aromatic rings. The summed E-state index contributed by atoms with van der Waals surface area (Å²) in [7, 11) is 0. The minimum absolute atomic E-state index is 0.0734. The highest BCUT2D eigenvalue weighted by atomic mass is 32.2. The van der Waals surface area contributed by atoms with Crippen molar-refractivity contribution < 1.29 is 4.79 Å². The van der Waals surface area contributed by atoms with E-state index in [2.05, 4.69) is 22.4 Å². The second kappa shape index (κ2) is 8.57. The number of hydrogen-bond donors (Lipinski definition) is 2. The first-order valence-electron chi connectivity index (χ1n) is 7.71. The molecule has 2 N–H and O–H groups in total. The van der Waals surface area contributed by atoms with E-state index in [9.17, 15) is 9.59 Å². The number of unbranched alkanes of at least 4 members (excludes halogenated alkanes) is 1. The van der Waals surface area contributed by atoms with Gasteiger partial charge in [-0.15, -0.1) is 5.10 Å². The molecule has 23 heavy (non-hydrogen) atoms. The number of carbonyl (C=O) groups is 1. The molecular weight excluding hydrogens is 312 g/mol. The zero-order valence-corrected chi connectivity index (χ0v) is 14.3. The van der Waals surface area contributed by atoms with Crippen LogP contribution in [0.4, 0.5) is 0 Å². The van der Waals surface area contributed by atoms with Gasteiger partial charge >= 0.3 is 5.69 Å². The Bertz CT molecular complexity index is 708. The van der Waals surface area contributed by atoms with Crippen LogP contribution in [0.15, 0.2) is 34.2 Å². The molecule has 0 aliphatic rings. The second-order valence-corrected chi connectivity index (χ2v) is 6.25. The van der Waals surface area contributed by atoms with Gasteiger partial charge in [0, 0.05) is 13.1 Å². The minimum Gasteiger partial charge on any atom is -0.351 e. The molecule has 0 unspecified atom stereocenters. The number of rotatable bonds is 8. The maximum absolute atomic E-state index is 12.0. The molecule has 0 saturated heterocycles. The Labute approximate surface area is 139 Å². The number of nitrogens with one attached hydrogen (secondary N) is 2. The normalized spacial score (nSPS) is 10.7. The SMILES string of the molecule is CCCCn1c(SCC(=O)NCc2ccccc2C)n[nH]c1=O. The molecule has 0 radical (unpaired) electrons. The Morgan fingerprint density at radius 2 is 2.17 bits per heavy atom. The van der Waals surface area contributed by atoms with E-state index in [1.165, 1.54) is 11.8 Å². The van der Waals surface area contributed by atoms with Crippen LogP contribution < -0.4 is 11.0 Å². The monoisotopic (exact) mass is 334 g/mol. The number of thioether (sulfide) groups is 1. The molecule has 1 heterocycles. The van der Waals surface area contributed by atoms with E-state index in [1.807, 2.05) is 31.2 Å². The van der Waals surface area contributed by atoms with E-state index in [-0.39, 0.29) is 17.3 Å². The van der Waals surface area contributed by atoms with Gasteiger partial charge in [-0.2, -0.15) is 0 Å². The van der Waals surface area contributed by atoms with E-state index < -0.39 is 0 Å². The van der Waals surface area contributed by atoms with E-state index >= 15 is 0 Å². The Kier molecular flexibility index (Phi) is 6.46. The molecule has 0 fully saturated rings. The van der Waals surface area contributed by atoms with E-state index in [1.54, 1.807) is 4.57 Å². The fourth-order valence-corrected chi connectivity index (χ4v) is 2.91. The highest BCUT2D eigenvalue weighted by Crippen LogP contribution is 2.13. The summed E-state index contributed by atoms with van der Waals surface area (Å²) in [5, 5.41) is 9.88. The molecule has 1 aromatic carbocycles. The number of hydrogen-bond acceptors (Lipinski definition) is 4. The maximum Gasteiger partial charge on any atom is 0.343 e. The number of aryl methyl sites for hydroxylation is 1. The van der Waals surface area contributed by atoms with E-state index in [0.717, 1.165) is 24.0 Å². The number of benzene rings is 1. The van der Waals surface area contributed by atoms with Gasteiger partial charge in [-0.3, -0.25) is 9.36 Å². The highest BCUT2D eigenvalue weighted by molar-refractivity contribution is 7.99. The van der Waals surface area contributed by atoms with Crippen molar-refractivity contribution >= 4 is 17.7 Å². The van der Waals surface area contributed by atoms with Crippen LogP contribution in [0.2, 0.25) is 0 Å². The van der Waals surface area contributed by atoms with Crippen LogP contribution in [0.3, 0.4) is 0 Å². The van der Waals surface area contributed by atoms with Crippen LogP contribution in [0.5, 0.6) is 0 Å². The van der Waals surface area contributed by atoms with Crippen molar-refractivity contribution in [3.8, 4) is 0 Å². The standard InChI is InChI=1S/C16H22N4O2S/c1-3-4-9-20-15(22)18-19-16(20)23-11-14(21)17-10-13-8-6-5-7-12(13)2/h5-8H,3-4,9-11H2,1-2H3,(H,17,21)(H,18,22). The Balaban J connectivity index is 1.85. The van der Waals surface area contributed by atoms with Crippen LogP contribution in [0.25, 0.3) is 0 Å². The molecule has 0 atom stereocenters. The van der Waals surface area contributed by atoms with Crippen LogP contribution >= 0.6 is 11.8 Å². The number of amides is 1. The van der Waals surface area contributed by atoms with Crippen molar-refractivity contribution in [3.63, 3.8) is 0 Å². The summed E-state index contributed by atoms with van der Waals surface area (Å²) in [6.07, 6.45) is 1.91. The van der Waals surface area contributed by atoms with Gasteiger partial charge in [0.25, 0.3) is 0 Å². The molecule has 2 rings (SSSR count). The van der Waals surface area contributed by atoms with Crippen LogP contribution in [-0.4, -0.2) is 26.4 Å². The average Bonchev–Trinajstić information content (AvgIpc) is 2.90. The van der Waals surface area contributed by atoms with Crippen LogP contribution in [-0.2, 0) is 17.9 Å². The van der Waals surface area contributed by atoms with Crippen molar-refractivity contribution in [1.29, 1.82) is 0 Å². The van der Waals surface area contributed by atoms with Crippen molar-refractivity contribution in [2.45, 2.75) is 44.9 Å². The lowest BCUT2D eigenvalue weighted by atomic mass is 10.1. The largest absolute Gasteiger partial charge is 0.351 e. The quantitative estimate of drug-likeness (QED) is 0.725. The summed E-state index contributed by atoms with van der Waals surface area (Å²) in [6.45, 7) is 5.22. The smallest absolute Gasteiger partial charge is 0.343 e. The van der Waals surface area contributed by atoms with E-state index in [4.69, 9.17) is 0 Å². The fraction of sp³-hybridized carbons (Fsp3) is 0.438. The van der Waals surface area contributed by atoms with Gasteiger partial charge in [0.15, 0.2) is 5.16 Å². The summed E-state index contributed by atoms with van der Waals surface area (Å²) in [5.74, 6) is 0.165. The fourth-order valence-electron chi connectivity index (χ4n) is 2.11. The van der Waals surface area contributed by atoms with Gasteiger partial charge in [-0.25, -0.2) is 9.89 Å². The van der Waals surface area contributed by atoms with Gasteiger partial charge in [0.1, 0.15) is 0 Å². The lowest BCUT2D eigenvalue weighted by molar-refractivity contribution is -0.118. The molecular formula is C16H22N4O2S. The number of carbonyl (C=O) groups excluding carboxylic acids is 1. The zero-order chi connectivity index (χ0) is 16.7. The van der Waals surface area contributed by atoms with E-state index in [0.29, 0.717) is 18.2 Å². The molecule has 0 aliphatic carbocycles.